The first kappa shape index (κ1) is 16.9. The van der Waals surface area contributed by atoms with Crippen molar-refractivity contribution in [1.82, 2.24) is 5.32 Å². The molecule has 2 aromatic rings. The first-order valence-electron chi connectivity index (χ1n) is 8.04. The third kappa shape index (κ3) is 4.54. The van der Waals surface area contributed by atoms with Crippen LogP contribution in [-0.2, 0) is 4.74 Å². The number of nitrogens with zero attached hydrogens (tertiary/aromatic N) is 1. The fourth-order valence-electron chi connectivity index (χ4n) is 2.59. The fraction of sp³-hybridized carbons (Fsp3) is 0.278. The minimum absolute atomic E-state index is 0.00499. The standard InChI is InChI=1S/C18H18N2O5/c21-18(19-12-17-5-2-10-24-17)13-3-1-4-16(11-13)25-15-8-6-14(7-9-15)20(22)23/h1,3-4,6-9,11,17H,2,5,10,12H2,(H,19,21). The predicted octanol–water partition coefficient (Wildman–Crippen LogP) is 3.30. The molecule has 1 N–H and O–H groups in total. The first-order valence-corrected chi connectivity index (χ1v) is 8.04. The van der Waals surface area contributed by atoms with Gasteiger partial charge in [0.15, 0.2) is 0 Å². The van der Waals surface area contributed by atoms with Gasteiger partial charge in [-0.2, -0.15) is 0 Å². The Bertz CT molecular complexity index is 754. The Morgan fingerprint density at radius 2 is 2.04 bits per heavy atom. The number of nitrogens with one attached hydrogen (secondary N) is 1. The molecule has 0 saturated carbocycles. The summed E-state index contributed by atoms with van der Waals surface area (Å²) in [5.74, 6) is 0.755. The Kier molecular flexibility index (Phi) is 5.25. The van der Waals surface area contributed by atoms with E-state index in [1.807, 2.05) is 0 Å². The molecule has 1 atom stereocenters. The molecule has 25 heavy (non-hydrogen) atoms. The van der Waals surface area contributed by atoms with E-state index in [-0.39, 0.29) is 17.7 Å². The molecule has 1 amide bonds. The van der Waals surface area contributed by atoms with Gasteiger partial charge in [0.1, 0.15) is 11.5 Å². The molecule has 1 heterocycles. The second kappa shape index (κ2) is 7.76. The number of rotatable bonds is 6. The fourth-order valence-corrected chi connectivity index (χ4v) is 2.59. The third-order valence-electron chi connectivity index (χ3n) is 3.89. The Hall–Kier alpha value is -2.93. The van der Waals surface area contributed by atoms with Crippen molar-refractivity contribution in [2.45, 2.75) is 18.9 Å². The van der Waals surface area contributed by atoms with Crippen molar-refractivity contribution in [3.05, 3.63) is 64.2 Å². The van der Waals surface area contributed by atoms with Crippen molar-refractivity contribution < 1.29 is 19.2 Å². The van der Waals surface area contributed by atoms with Gasteiger partial charge in [-0.25, -0.2) is 0 Å². The van der Waals surface area contributed by atoms with E-state index in [4.69, 9.17) is 9.47 Å². The van der Waals surface area contributed by atoms with Crippen LogP contribution in [0.2, 0.25) is 0 Å². The molecule has 130 valence electrons. The molecule has 1 aliphatic rings. The van der Waals surface area contributed by atoms with Crippen molar-refractivity contribution in [1.29, 1.82) is 0 Å². The molecule has 0 radical (unpaired) electrons. The molecular formula is C18H18N2O5. The van der Waals surface area contributed by atoms with Crippen LogP contribution in [-0.4, -0.2) is 30.1 Å². The highest BCUT2D eigenvalue weighted by Gasteiger charge is 2.17. The van der Waals surface area contributed by atoms with E-state index < -0.39 is 4.92 Å². The van der Waals surface area contributed by atoms with Crippen LogP contribution in [0.5, 0.6) is 11.5 Å². The zero-order valence-electron chi connectivity index (χ0n) is 13.5. The van der Waals surface area contributed by atoms with Gasteiger partial charge in [0.05, 0.1) is 11.0 Å². The van der Waals surface area contributed by atoms with Crippen molar-refractivity contribution in [2.24, 2.45) is 0 Å². The van der Waals surface area contributed by atoms with Crippen LogP contribution in [0, 0.1) is 10.1 Å². The van der Waals surface area contributed by atoms with Gasteiger partial charge in [-0.15, -0.1) is 0 Å². The molecule has 1 fully saturated rings. The molecule has 1 aliphatic heterocycles. The topological polar surface area (TPSA) is 90.7 Å². The normalized spacial score (nSPS) is 16.4. The Balaban J connectivity index is 1.62. The summed E-state index contributed by atoms with van der Waals surface area (Å²) in [5.41, 5.74) is 0.479. The molecule has 1 unspecified atom stereocenters. The Morgan fingerprint density at radius 3 is 2.72 bits per heavy atom. The van der Waals surface area contributed by atoms with Crippen LogP contribution in [0.4, 0.5) is 5.69 Å². The maximum Gasteiger partial charge on any atom is 0.269 e. The average Bonchev–Trinajstić information content (AvgIpc) is 3.14. The lowest BCUT2D eigenvalue weighted by molar-refractivity contribution is -0.384. The van der Waals surface area contributed by atoms with Crippen LogP contribution in [0.25, 0.3) is 0 Å². The third-order valence-corrected chi connectivity index (χ3v) is 3.89. The summed E-state index contributed by atoms with van der Waals surface area (Å²) in [4.78, 5) is 22.4. The molecule has 0 bridgehead atoms. The Morgan fingerprint density at radius 1 is 1.24 bits per heavy atom. The summed E-state index contributed by atoms with van der Waals surface area (Å²) in [7, 11) is 0. The number of ether oxygens (including phenoxy) is 2. The van der Waals surface area contributed by atoms with E-state index >= 15 is 0 Å². The zero-order chi connectivity index (χ0) is 17.6. The molecular weight excluding hydrogens is 324 g/mol. The van der Waals surface area contributed by atoms with Gasteiger partial charge < -0.3 is 14.8 Å². The number of hydrogen-bond donors (Lipinski definition) is 1. The summed E-state index contributed by atoms with van der Waals surface area (Å²) < 4.78 is 11.1. The number of hydrogen-bond acceptors (Lipinski definition) is 5. The van der Waals surface area contributed by atoms with Gasteiger partial charge in [-0.3, -0.25) is 14.9 Å². The molecule has 0 aliphatic carbocycles. The Labute approximate surface area is 144 Å². The average molecular weight is 342 g/mol. The lowest BCUT2D eigenvalue weighted by Gasteiger charge is -2.11. The number of amides is 1. The molecule has 0 aromatic heterocycles. The summed E-state index contributed by atoms with van der Waals surface area (Å²) in [6, 6.07) is 12.5. The molecule has 1 saturated heterocycles. The smallest absolute Gasteiger partial charge is 0.269 e. The van der Waals surface area contributed by atoms with E-state index in [9.17, 15) is 14.9 Å². The van der Waals surface area contributed by atoms with Crippen molar-refractivity contribution >= 4 is 11.6 Å². The lowest BCUT2D eigenvalue weighted by Crippen LogP contribution is -2.31. The zero-order valence-corrected chi connectivity index (χ0v) is 13.5. The molecule has 0 spiro atoms. The lowest BCUT2D eigenvalue weighted by atomic mass is 10.2. The van der Waals surface area contributed by atoms with Crippen molar-refractivity contribution in [3.63, 3.8) is 0 Å². The van der Waals surface area contributed by atoms with E-state index in [1.165, 1.54) is 24.3 Å². The van der Waals surface area contributed by atoms with Gasteiger partial charge >= 0.3 is 0 Å². The van der Waals surface area contributed by atoms with Crippen molar-refractivity contribution in [3.8, 4) is 11.5 Å². The summed E-state index contributed by atoms with van der Waals surface area (Å²) in [6.07, 6.45) is 2.08. The van der Waals surface area contributed by atoms with Gasteiger partial charge in [0.25, 0.3) is 11.6 Å². The van der Waals surface area contributed by atoms with Gasteiger partial charge in [-0.1, -0.05) is 6.07 Å². The van der Waals surface area contributed by atoms with Crippen LogP contribution in [0.3, 0.4) is 0 Å². The number of benzene rings is 2. The SMILES string of the molecule is O=C(NCC1CCCO1)c1cccc(Oc2ccc([N+](=O)[O-])cc2)c1. The van der Waals surface area contributed by atoms with Crippen LogP contribution < -0.4 is 10.1 Å². The highest BCUT2D eigenvalue weighted by molar-refractivity contribution is 5.94. The molecule has 3 rings (SSSR count). The molecule has 7 heteroatoms. The minimum Gasteiger partial charge on any atom is -0.457 e. The summed E-state index contributed by atoms with van der Waals surface area (Å²) in [5, 5.41) is 13.5. The highest BCUT2D eigenvalue weighted by atomic mass is 16.6. The van der Waals surface area contributed by atoms with Gasteiger partial charge in [0.2, 0.25) is 0 Å². The van der Waals surface area contributed by atoms with E-state index in [0.29, 0.717) is 23.6 Å². The van der Waals surface area contributed by atoms with E-state index in [1.54, 1.807) is 24.3 Å². The highest BCUT2D eigenvalue weighted by Crippen LogP contribution is 2.24. The van der Waals surface area contributed by atoms with E-state index in [0.717, 1.165) is 19.4 Å². The minimum atomic E-state index is -0.469. The van der Waals surface area contributed by atoms with Crippen LogP contribution in [0.15, 0.2) is 48.5 Å². The maximum atomic E-state index is 12.2. The largest absolute Gasteiger partial charge is 0.457 e. The van der Waals surface area contributed by atoms with Crippen molar-refractivity contribution in [2.75, 3.05) is 13.2 Å². The molecule has 7 nitrogen and oxygen atoms in total. The number of carbonyl (C=O) groups is 1. The second-order valence-corrected chi connectivity index (χ2v) is 5.73. The number of nitro groups is 1. The predicted molar refractivity (Wildman–Crippen MR) is 90.9 cm³/mol. The van der Waals surface area contributed by atoms with E-state index in [2.05, 4.69) is 5.32 Å². The van der Waals surface area contributed by atoms with Crippen LogP contribution in [0.1, 0.15) is 23.2 Å². The maximum absolute atomic E-state index is 12.2. The number of nitro benzene ring substituents is 1. The summed E-state index contributed by atoms with van der Waals surface area (Å²) in [6.45, 7) is 1.24. The van der Waals surface area contributed by atoms with Crippen LogP contribution >= 0.6 is 0 Å². The second-order valence-electron chi connectivity index (χ2n) is 5.73. The summed E-state index contributed by atoms with van der Waals surface area (Å²) >= 11 is 0. The quantitative estimate of drug-likeness (QED) is 0.642. The molecule has 2 aromatic carbocycles. The van der Waals surface area contributed by atoms with Gasteiger partial charge in [0, 0.05) is 30.8 Å². The first-order chi connectivity index (χ1) is 12.1. The monoisotopic (exact) mass is 342 g/mol. The van der Waals surface area contributed by atoms with Gasteiger partial charge in [-0.05, 0) is 43.2 Å². The number of non-ortho nitro benzene ring substituents is 1. The number of carbonyl (C=O) groups excluding carboxylic acids is 1.